The van der Waals surface area contributed by atoms with Crippen LogP contribution in [0.1, 0.15) is 11.1 Å². The summed E-state index contributed by atoms with van der Waals surface area (Å²) in [7, 11) is 0. The Morgan fingerprint density at radius 2 is 1.08 bits per heavy atom. The van der Waals surface area contributed by atoms with Crippen LogP contribution in [0.25, 0.3) is 0 Å². The fraction of sp³-hybridized carbons (Fsp3) is 0.125. The minimum atomic E-state index is -0.0405. The molecule has 2 aromatic rings. The molecule has 0 aromatic heterocycles. The van der Waals surface area contributed by atoms with Crippen LogP contribution >= 0.6 is 0 Å². The number of phenolic OH excluding ortho intramolecular Hbond substituents is 4. The molecule has 0 unspecified atom stereocenters. The topological polar surface area (TPSA) is 106 Å². The number of benzene rings is 2. The summed E-state index contributed by atoms with van der Waals surface area (Å²) in [4.78, 5) is 8.23. The Hall–Kier alpha value is -2.21. The van der Waals surface area contributed by atoms with Gasteiger partial charge in [0.15, 0.2) is 0 Å². The van der Waals surface area contributed by atoms with Gasteiger partial charge in [0.05, 0.1) is 13.1 Å². The van der Waals surface area contributed by atoms with E-state index in [1.165, 1.54) is 36.7 Å². The Balaban J connectivity index is 0.00000264. The number of nitrogens with zero attached hydrogens (tertiary/aromatic N) is 2. The van der Waals surface area contributed by atoms with E-state index in [1.54, 1.807) is 12.1 Å². The van der Waals surface area contributed by atoms with E-state index in [2.05, 4.69) is 9.98 Å². The van der Waals surface area contributed by atoms with Crippen molar-refractivity contribution in [2.24, 2.45) is 9.98 Å². The second kappa shape index (κ2) is 10.5. The van der Waals surface area contributed by atoms with Gasteiger partial charge >= 0.3 is 17.1 Å². The molecule has 0 aliphatic rings. The molecule has 0 heterocycles. The van der Waals surface area contributed by atoms with Crippen molar-refractivity contribution in [1.82, 2.24) is 0 Å². The number of aliphatic imine (C=N–C) groups is 2. The van der Waals surface area contributed by atoms with Crippen molar-refractivity contribution in [2.45, 2.75) is 0 Å². The molecule has 0 bridgehead atoms. The Kier molecular flexibility index (Phi) is 9.57. The van der Waals surface area contributed by atoms with Gasteiger partial charge in [0.1, 0.15) is 23.0 Å². The molecule has 0 aliphatic heterocycles. The van der Waals surface area contributed by atoms with Crippen LogP contribution in [-0.2, 0) is 17.1 Å². The van der Waals surface area contributed by atoms with Crippen molar-refractivity contribution in [3.63, 3.8) is 0 Å². The first-order valence-electron chi connectivity index (χ1n) is 6.60. The molecule has 6 nitrogen and oxygen atoms in total. The van der Waals surface area contributed by atoms with E-state index in [-0.39, 0.29) is 52.5 Å². The second-order valence-corrected chi connectivity index (χ2v) is 4.56. The SMILES string of the molecule is Oc1ccc(C=NCCN=Cc2ccc(O)cc2O)c(O)c1.[Cl-].[Mn+2]. The van der Waals surface area contributed by atoms with Crippen molar-refractivity contribution in [2.75, 3.05) is 13.1 Å². The Morgan fingerprint density at radius 3 is 1.42 bits per heavy atom. The third-order valence-electron chi connectivity index (χ3n) is 2.85. The van der Waals surface area contributed by atoms with Crippen LogP contribution in [0.15, 0.2) is 46.4 Å². The van der Waals surface area contributed by atoms with Crippen LogP contribution in [0.2, 0.25) is 0 Å². The summed E-state index contributed by atoms with van der Waals surface area (Å²) < 4.78 is 0. The fourth-order valence-electron chi connectivity index (χ4n) is 1.72. The maximum absolute atomic E-state index is 9.57. The molecule has 8 heteroatoms. The molecule has 4 N–H and O–H groups in total. The largest absolute Gasteiger partial charge is 2.00 e. The van der Waals surface area contributed by atoms with Crippen molar-refractivity contribution in [3.05, 3.63) is 47.5 Å². The van der Waals surface area contributed by atoms with Crippen LogP contribution in [-0.4, -0.2) is 45.9 Å². The minimum Gasteiger partial charge on any atom is -1.00 e. The number of hydrogen-bond donors (Lipinski definition) is 4. The molecule has 0 amide bonds. The smallest absolute Gasteiger partial charge is 1.00 e. The fourth-order valence-corrected chi connectivity index (χ4v) is 1.72. The van der Waals surface area contributed by atoms with Crippen LogP contribution in [0.4, 0.5) is 0 Å². The first kappa shape index (κ1) is 21.8. The number of rotatable bonds is 5. The summed E-state index contributed by atoms with van der Waals surface area (Å²) in [5, 5.41) is 37.5. The van der Waals surface area contributed by atoms with Crippen LogP contribution < -0.4 is 12.4 Å². The summed E-state index contributed by atoms with van der Waals surface area (Å²) in [6, 6.07) is 8.54. The van der Waals surface area contributed by atoms with Crippen molar-refractivity contribution in [1.29, 1.82) is 0 Å². The summed E-state index contributed by atoms with van der Waals surface area (Å²) in [5.41, 5.74) is 1.02. The Morgan fingerprint density at radius 1 is 0.708 bits per heavy atom. The van der Waals surface area contributed by atoms with Gasteiger partial charge in [-0.05, 0) is 24.3 Å². The number of phenols is 4. The summed E-state index contributed by atoms with van der Waals surface area (Å²) in [6.45, 7) is 0.825. The number of aromatic hydroxyl groups is 4. The van der Waals surface area contributed by atoms with E-state index < -0.39 is 0 Å². The van der Waals surface area contributed by atoms with Gasteiger partial charge in [-0.2, -0.15) is 0 Å². The Labute approximate surface area is 156 Å². The summed E-state index contributed by atoms with van der Waals surface area (Å²) in [5.74, 6) is -0.0940. The molecule has 0 spiro atoms. The van der Waals surface area contributed by atoms with Gasteiger partial charge in [-0.3, -0.25) is 9.98 Å². The Bertz CT molecular complexity index is 662. The van der Waals surface area contributed by atoms with Crippen molar-refractivity contribution in [3.8, 4) is 23.0 Å². The number of halogens is 1. The molecule has 0 saturated heterocycles. The standard InChI is InChI=1S/C16H16N2O4.ClH.Mn/c19-13-3-1-11(15(21)7-13)9-17-5-6-18-10-12-2-4-14(20)8-16(12)22;;/h1-4,7-10,19-22H,5-6H2;1H;/q;;+2/p-1. The average molecular weight is 391 g/mol. The van der Waals surface area contributed by atoms with Gasteiger partial charge in [-0.1, -0.05) is 0 Å². The van der Waals surface area contributed by atoms with E-state index in [1.807, 2.05) is 0 Å². The summed E-state index contributed by atoms with van der Waals surface area (Å²) >= 11 is 0. The second-order valence-electron chi connectivity index (χ2n) is 4.56. The van der Waals surface area contributed by atoms with Gasteiger partial charge in [0.25, 0.3) is 0 Å². The molecular weight excluding hydrogens is 375 g/mol. The van der Waals surface area contributed by atoms with Crippen LogP contribution in [0.3, 0.4) is 0 Å². The van der Waals surface area contributed by atoms with Gasteiger partial charge < -0.3 is 32.8 Å². The molecular formula is C16H16ClMnN2O4+. The van der Waals surface area contributed by atoms with E-state index in [9.17, 15) is 10.2 Å². The van der Waals surface area contributed by atoms with Crippen molar-refractivity contribution < 1.29 is 49.9 Å². The molecule has 0 saturated carbocycles. The van der Waals surface area contributed by atoms with Crippen LogP contribution in [0.5, 0.6) is 23.0 Å². The normalized spacial score (nSPS) is 10.5. The van der Waals surface area contributed by atoms with E-state index in [0.29, 0.717) is 24.2 Å². The van der Waals surface area contributed by atoms with Crippen molar-refractivity contribution >= 4 is 12.4 Å². The third kappa shape index (κ3) is 6.50. The molecule has 0 atom stereocenters. The minimum absolute atomic E-state index is 0. The zero-order valence-electron chi connectivity index (χ0n) is 12.5. The average Bonchev–Trinajstić information content (AvgIpc) is 2.46. The van der Waals surface area contributed by atoms with E-state index in [0.717, 1.165) is 0 Å². The summed E-state index contributed by atoms with van der Waals surface area (Å²) in [6.07, 6.45) is 3.00. The monoisotopic (exact) mass is 390 g/mol. The number of hydrogen-bond acceptors (Lipinski definition) is 6. The van der Waals surface area contributed by atoms with Gasteiger partial charge in [0.2, 0.25) is 0 Å². The van der Waals surface area contributed by atoms with Crippen LogP contribution in [0, 0.1) is 0 Å². The molecule has 24 heavy (non-hydrogen) atoms. The zero-order valence-corrected chi connectivity index (χ0v) is 14.4. The third-order valence-corrected chi connectivity index (χ3v) is 2.85. The molecule has 0 aliphatic carbocycles. The van der Waals surface area contributed by atoms with Gasteiger partial charge in [0, 0.05) is 35.7 Å². The maximum Gasteiger partial charge on any atom is 2.00 e. The van der Waals surface area contributed by atoms with E-state index in [4.69, 9.17) is 10.2 Å². The molecule has 2 aromatic carbocycles. The van der Waals surface area contributed by atoms with Gasteiger partial charge in [-0.25, -0.2) is 0 Å². The predicted molar refractivity (Wildman–Crippen MR) is 84.5 cm³/mol. The zero-order chi connectivity index (χ0) is 15.9. The molecule has 127 valence electrons. The predicted octanol–water partition coefficient (Wildman–Crippen LogP) is -0.952. The maximum atomic E-state index is 9.57. The molecule has 0 fully saturated rings. The van der Waals surface area contributed by atoms with Gasteiger partial charge in [-0.15, -0.1) is 0 Å². The first-order valence-corrected chi connectivity index (χ1v) is 6.60. The molecule has 1 radical (unpaired) electrons. The molecule has 2 rings (SSSR count). The first-order chi connectivity index (χ1) is 10.6. The van der Waals surface area contributed by atoms with E-state index >= 15 is 0 Å². The quantitative estimate of drug-likeness (QED) is 0.300.